The van der Waals surface area contributed by atoms with Crippen LogP contribution >= 0.6 is 22.9 Å². The number of anilines is 1. The van der Waals surface area contributed by atoms with Gasteiger partial charge in [0, 0.05) is 26.6 Å². The maximum absolute atomic E-state index is 12.9. The van der Waals surface area contributed by atoms with Gasteiger partial charge in [-0.3, -0.25) is 14.4 Å². The van der Waals surface area contributed by atoms with Crippen LogP contribution in [-0.2, 0) is 4.79 Å². The van der Waals surface area contributed by atoms with Crippen molar-refractivity contribution >= 4 is 45.7 Å². The summed E-state index contributed by atoms with van der Waals surface area (Å²) in [6, 6.07) is 8.67. The van der Waals surface area contributed by atoms with Gasteiger partial charge in [-0.25, -0.2) is 0 Å². The van der Waals surface area contributed by atoms with E-state index in [1.165, 1.54) is 18.3 Å². The predicted octanol–water partition coefficient (Wildman–Crippen LogP) is 3.95. The molecule has 1 saturated heterocycles. The minimum Gasteiger partial charge on any atom is -0.356 e. The third-order valence-electron chi connectivity index (χ3n) is 5.01. The number of piperidine rings is 1. The maximum atomic E-state index is 12.9. The summed E-state index contributed by atoms with van der Waals surface area (Å²) in [5.41, 5.74) is 1.24. The van der Waals surface area contributed by atoms with E-state index in [9.17, 15) is 14.4 Å². The van der Waals surface area contributed by atoms with Crippen LogP contribution in [0.3, 0.4) is 0 Å². The van der Waals surface area contributed by atoms with Gasteiger partial charge in [-0.1, -0.05) is 23.7 Å². The number of rotatable bonds is 5. The van der Waals surface area contributed by atoms with E-state index < -0.39 is 0 Å². The molecule has 0 bridgehead atoms. The van der Waals surface area contributed by atoms with Crippen molar-refractivity contribution in [3.63, 3.8) is 0 Å². The molecule has 6 nitrogen and oxygen atoms in total. The van der Waals surface area contributed by atoms with Crippen molar-refractivity contribution in [1.82, 2.24) is 10.2 Å². The highest BCUT2D eigenvalue weighted by molar-refractivity contribution is 7.18. The summed E-state index contributed by atoms with van der Waals surface area (Å²) in [6.07, 6.45) is 1.74. The Morgan fingerprint density at radius 2 is 1.90 bits per heavy atom. The lowest BCUT2D eigenvalue weighted by molar-refractivity contribution is -0.119. The Kier molecular flexibility index (Phi) is 6.92. The second-order valence-corrected chi connectivity index (χ2v) is 8.69. The van der Waals surface area contributed by atoms with Gasteiger partial charge < -0.3 is 15.5 Å². The Hall–Kier alpha value is -2.38. The Labute approximate surface area is 179 Å². The van der Waals surface area contributed by atoms with Crippen molar-refractivity contribution in [3.8, 4) is 0 Å². The number of nitrogens with zero attached hydrogens (tertiary/aromatic N) is 1. The van der Waals surface area contributed by atoms with E-state index in [4.69, 9.17) is 11.6 Å². The fraction of sp³-hybridized carbons (Fsp3) is 0.381. The number of nitrogens with one attached hydrogen (secondary N) is 2. The molecular weight excluding hydrogens is 410 g/mol. The number of likely N-dealkylation sites (tertiary alicyclic amines) is 1. The second-order valence-electron chi connectivity index (χ2n) is 7.23. The van der Waals surface area contributed by atoms with Crippen molar-refractivity contribution < 1.29 is 14.4 Å². The van der Waals surface area contributed by atoms with Gasteiger partial charge in [-0.05, 0) is 49.4 Å². The van der Waals surface area contributed by atoms with Gasteiger partial charge in [-0.15, -0.1) is 11.3 Å². The van der Waals surface area contributed by atoms with Gasteiger partial charge in [0.2, 0.25) is 5.91 Å². The zero-order valence-electron chi connectivity index (χ0n) is 16.5. The number of carbonyl (C=O) groups excluding carboxylic acids is 3. The van der Waals surface area contributed by atoms with Crippen molar-refractivity contribution in [2.24, 2.45) is 5.92 Å². The molecule has 8 heteroatoms. The molecule has 3 rings (SSSR count). The fourth-order valence-corrected chi connectivity index (χ4v) is 4.61. The van der Waals surface area contributed by atoms with Crippen LogP contribution in [0.2, 0.25) is 5.02 Å². The molecule has 3 amide bonds. The highest BCUT2D eigenvalue weighted by Crippen LogP contribution is 2.30. The minimum absolute atomic E-state index is 0.0104. The Morgan fingerprint density at radius 1 is 1.21 bits per heavy atom. The van der Waals surface area contributed by atoms with E-state index in [2.05, 4.69) is 10.6 Å². The molecule has 1 aliphatic rings. The monoisotopic (exact) mass is 433 g/mol. The minimum atomic E-state index is -0.297. The van der Waals surface area contributed by atoms with Crippen LogP contribution in [0.4, 0.5) is 5.00 Å². The van der Waals surface area contributed by atoms with Crippen LogP contribution in [-0.4, -0.2) is 42.3 Å². The molecule has 2 N–H and O–H groups in total. The molecule has 1 fully saturated rings. The first kappa shape index (κ1) is 21.3. The molecule has 0 saturated carbocycles. The highest BCUT2D eigenvalue weighted by atomic mass is 35.5. The number of hydrogen-bond donors (Lipinski definition) is 2. The molecule has 0 atom stereocenters. The smallest absolute Gasteiger partial charge is 0.264 e. The largest absolute Gasteiger partial charge is 0.356 e. The average molecular weight is 434 g/mol. The van der Waals surface area contributed by atoms with Gasteiger partial charge in [0.1, 0.15) is 0 Å². The highest BCUT2D eigenvalue weighted by Gasteiger charge is 2.26. The first-order valence-electron chi connectivity index (χ1n) is 9.55. The number of halogens is 1. The Bertz CT molecular complexity index is 920. The van der Waals surface area contributed by atoms with Crippen LogP contribution < -0.4 is 10.6 Å². The van der Waals surface area contributed by atoms with E-state index in [1.807, 2.05) is 17.9 Å². The summed E-state index contributed by atoms with van der Waals surface area (Å²) < 4.78 is 0. The van der Waals surface area contributed by atoms with Gasteiger partial charge >= 0.3 is 0 Å². The quantitative estimate of drug-likeness (QED) is 0.749. The topological polar surface area (TPSA) is 78.5 Å². The van der Waals surface area contributed by atoms with Crippen LogP contribution in [0.1, 0.15) is 45.4 Å². The third kappa shape index (κ3) is 5.36. The van der Waals surface area contributed by atoms with E-state index in [0.717, 1.165) is 18.4 Å². The summed E-state index contributed by atoms with van der Waals surface area (Å²) in [5.74, 6) is 0.0697. The molecule has 1 aromatic carbocycles. The van der Waals surface area contributed by atoms with Crippen molar-refractivity contribution in [3.05, 3.63) is 51.4 Å². The normalized spacial score (nSPS) is 14.5. The van der Waals surface area contributed by atoms with Gasteiger partial charge in [-0.2, -0.15) is 0 Å². The molecule has 154 valence electrons. The Balaban J connectivity index is 1.61. The van der Waals surface area contributed by atoms with Crippen LogP contribution in [0, 0.1) is 12.8 Å². The lowest BCUT2D eigenvalue weighted by Gasteiger charge is -2.32. The maximum Gasteiger partial charge on any atom is 0.264 e. The molecule has 0 radical (unpaired) electrons. The standard InChI is InChI=1S/C21H24ClN3O3S/c1-13-11-18(24-20(27)16-5-3-4-6-17(16)22)29-19(13)21(28)25-9-7-15(8-10-25)12-23-14(2)26/h3-6,11,15H,7-10,12H2,1-2H3,(H,23,26)(H,24,27). The number of hydrogen-bond acceptors (Lipinski definition) is 4. The molecule has 0 aliphatic carbocycles. The number of benzene rings is 1. The number of carbonyl (C=O) groups is 3. The first-order chi connectivity index (χ1) is 13.8. The second kappa shape index (κ2) is 9.41. The lowest BCUT2D eigenvalue weighted by atomic mass is 9.96. The van der Waals surface area contributed by atoms with Crippen LogP contribution in [0.15, 0.2) is 30.3 Å². The van der Waals surface area contributed by atoms with Crippen LogP contribution in [0.5, 0.6) is 0 Å². The van der Waals surface area contributed by atoms with E-state index in [-0.39, 0.29) is 17.7 Å². The summed E-state index contributed by atoms with van der Waals surface area (Å²) in [7, 11) is 0. The molecule has 0 spiro atoms. The zero-order chi connectivity index (χ0) is 21.0. The van der Waals surface area contributed by atoms with Gasteiger partial charge in [0.25, 0.3) is 11.8 Å². The van der Waals surface area contributed by atoms with E-state index in [1.54, 1.807) is 24.3 Å². The summed E-state index contributed by atoms with van der Waals surface area (Å²) in [6.45, 7) is 5.38. The fourth-order valence-electron chi connectivity index (χ4n) is 3.35. The number of amides is 3. The SMILES string of the molecule is CC(=O)NCC1CCN(C(=O)c2sc(NC(=O)c3ccccc3Cl)cc2C)CC1. The molecule has 1 aliphatic heterocycles. The molecule has 2 heterocycles. The van der Waals surface area contributed by atoms with Crippen LogP contribution in [0.25, 0.3) is 0 Å². The predicted molar refractivity (Wildman–Crippen MR) is 116 cm³/mol. The first-order valence-corrected chi connectivity index (χ1v) is 10.7. The van der Waals surface area contributed by atoms with Gasteiger partial charge in [0.15, 0.2) is 0 Å². The van der Waals surface area contributed by atoms with E-state index in [0.29, 0.717) is 46.0 Å². The number of aryl methyl sites for hydroxylation is 1. The summed E-state index contributed by atoms with van der Waals surface area (Å²) in [4.78, 5) is 39.0. The molecular formula is C21H24ClN3O3S. The van der Waals surface area contributed by atoms with Crippen molar-refractivity contribution in [1.29, 1.82) is 0 Å². The third-order valence-corrected chi connectivity index (χ3v) is 6.48. The van der Waals surface area contributed by atoms with Gasteiger partial charge in [0.05, 0.1) is 20.5 Å². The van der Waals surface area contributed by atoms with E-state index >= 15 is 0 Å². The molecule has 1 aromatic heterocycles. The molecule has 0 unspecified atom stereocenters. The van der Waals surface area contributed by atoms with Crippen molar-refractivity contribution in [2.75, 3.05) is 25.0 Å². The average Bonchev–Trinajstić information content (AvgIpc) is 3.06. The number of thiophene rings is 1. The summed E-state index contributed by atoms with van der Waals surface area (Å²) >= 11 is 7.37. The lowest BCUT2D eigenvalue weighted by Crippen LogP contribution is -2.41. The summed E-state index contributed by atoms with van der Waals surface area (Å²) in [5, 5.41) is 6.69. The Morgan fingerprint density at radius 3 is 2.55 bits per heavy atom. The molecule has 29 heavy (non-hydrogen) atoms. The molecule has 2 aromatic rings. The zero-order valence-corrected chi connectivity index (χ0v) is 18.0. The van der Waals surface area contributed by atoms with Crippen molar-refractivity contribution in [2.45, 2.75) is 26.7 Å².